The number of ketones is 1. The molecule has 0 aliphatic carbocycles. The highest BCUT2D eigenvalue weighted by Crippen LogP contribution is 2.34. The minimum absolute atomic E-state index is 0.411. The second-order valence-corrected chi connectivity index (χ2v) is 7.00. The molecule has 0 amide bonds. The van der Waals surface area contributed by atoms with Gasteiger partial charge in [-0.3, -0.25) is 4.79 Å². The number of nitrogens with zero attached hydrogens (tertiary/aromatic N) is 1. The van der Waals surface area contributed by atoms with Crippen molar-refractivity contribution < 1.29 is 4.79 Å². The Morgan fingerprint density at radius 2 is 1.82 bits per heavy atom. The van der Waals surface area contributed by atoms with Crippen LogP contribution in [0.1, 0.15) is 24.8 Å². The van der Waals surface area contributed by atoms with Gasteiger partial charge in [0.05, 0.1) is 0 Å². The Balaban J connectivity index is 1.42. The average Bonchev–Trinajstić information content (AvgIpc) is 2.56. The van der Waals surface area contributed by atoms with Crippen LogP contribution in [0.15, 0.2) is 42.5 Å². The van der Waals surface area contributed by atoms with Crippen molar-refractivity contribution in [3.8, 4) is 0 Å². The van der Waals surface area contributed by atoms with Crippen molar-refractivity contribution in [1.82, 2.24) is 4.90 Å². The Bertz CT molecular complexity index is 685. The van der Waals surface area contributed by atoms with Gasteiger partial charge in [-0.15, -0.1) is 0 Å². The maximum Gasteiger partial charge on any atom is 0.137 e. The molecule has 3 saturated heterocycles. The van der Waals surface area contributed by atoms with Crippen molar-refractivity contribution in [1.29, 1.82) is 0 Å². The Hall–Kier alpha value is -1.67. The fourth-order valence-electron chi connectivity index (χ4n) is 4.26. The molecule has 2 heteroatoms. The number of Topliss-reactive ketones (excluding diaryl/α,β-unsaturated/α-hetero) is 1. The van der Waals surface area contributed by atoms with Crippen LogP contribution < -0.4 is 0 Å². The number of carbonyl (C=O) groups is 1. The van der Waals surface area contributed by atoms with E-state index in [9.17, 15) is 4.79 Å². The molecule has 5 rings (SSSR count). The zero-order valence-electron chi connectivity index (χ0n) is 13.0. The first-order valence-electron chi connectivity index (χ1n) is 8.50. The molecule has 0 radical (unpaired) electrons. The lowest BCUT2D eigenvalue weighted by atomic mass is 9.76. The lowest BCUT2D eigenvalue weighted by molar-refractivity contribution is -0.120. The van der Waals surface area contributed by atoms with Crippen molar-refractivity contribution in [3.05, 3.63) is 48.0 Å². The van der Waals surface area contributed by atoms with E-state index in [0.717, 1.165) is 24.4 Å². The molecule has 0 N–H and O–H groups in total. The van der Waals surface area contributed by atoms with Gasteiger partial charge in [-0.1, -0.05) is 42.5 Å². The summed E-state index contributed by atoms with van der Waals surface area (Å²) in [5.74, 6) is 1.81. The molecular formula is C20H23NO. The van der Waals surface area contributed by atoms with Crippen LogP contribution in [0.25, 0.3) is 10.8 Å². The van der Waals surface area contributed by atoms with Gasteiger partial charge in [0.2, 0.25) is 0 Å². The van der Waals surface area contributed by atoms with Crippen LogP contribution in [0.2, 0.25) is 0 Å². The van der Waals surface area contributed by atoms with Crippen LogP contribution in [0.4, 0.5) is 0 Å². The summed E-state index contributed by atoms with van der Waals surface area (Å²) >= 11 is 0. The fourth-order valence-corrected chi connectivity index (χ4v) is 4.26. The highest BCUT2D eigenvalue weighted by Gasteiger charge is 2.34. The molecule has 0 spiro atoms. The first-order chi connectivity index (χ1) is 10.8. The van der Waals surface area contributed by atoms with E-state index in [-0.39, 0.29) is 0 Å². The second-order valence-electron chi connectivity index (χ2n) is 7.00. The number of hydrogen-bond donors (Lipinski definition) is 0. The van der Waals surface area contributed by atoms with Gasteiger partial charge in [0.1, 0.15) is 5.78 Å². The molecule has 1 unspecified atom stereocenters. The molecule has 3 aliphatic rings. The standard InChI is InChI=1S/C20H23NO/c22-20(13-19-14-21-9-7-17(19)8-10-21)12-15-5-6-16-3-1-2-4-18(16)11-15/h1-6,11,17,19H,7-10,12-14H2. The third-order valence-electron chi connectivity index (χ3n) is 5.50. The predicted octanol–water partition coefficient (Wildman–Crippen LogP) is 3.68. The highest BCUT2D eigenvalue weighted by molar-refractivity contribution is 5.86. The Morgan fingerprint density at radius 1 is 1.05 bits per heavy atom. The van der Waals surface area contributed by atoms with Gasteiger partial charge >= 0.3 is 0 Å². The van der Waals surface area contributed by atoms with Crippen LogP contribution in [-0.4, -0.2) is 30.3 Å². The van der Waals surface area contributed by atoms with E-state index in [0.29, 0.717) is 18.1 Å². The van der Waals surface area contributed by atoms with E-state index in [2.05, 4.69) is 47.4 Å². The normalized spacial score (nSPS) is 27.2. The molecule has 0 saturated carbocycles. The SMILES string of the molecule is O=C(Cc1ccc2ccccc2c1)CC1CN2CCC1CC2. The topological polar surface area (TPSA) is 20.3 Å². The molecule has 0 aromatic heterocycles. The van der Waals surface area contributed by atoms with Crippen molar-refractivity contribution in [3.63, 3.8) is 0 Å². The fraction of sp³-hybridized carbons (Fsp3) is 0.450. The number of hydrogen-bond acceptors (Lipinski definition) is 2. The van der Waals surface area contributed by atoms with Crippen molar-refractivity contribution in [2.24, 2.45) is 11.8 Å². The van der Waals surface area contributed by atoms with Gasteiger partial charge in [-0.2, -0.15) is 0 Å². The highest BCUT2D eigenvalue weighted by atomic mass is 16.1. The minimum Gasteiger partial charge on any atom is -0.303 e. The summed E-state index contributed by atoms with van der Waals surface area (Å²) in [6.45, 7) is 3.65. The molecule has 2 aromatic carbocycles. The summed E-state index contributed by atoms with van der Waals surface area (Å²) in [5, 5.41) is 2.48. The summed E-state index contributed by atoms with van der Waals surface area (Å²) < 4.78 is 0. The van der Waals surface area contributed by atoms with E-state index in [1.807, 2.05) is 0 Å². The number of fused-ring (bicyclic) bond motifs is 4. The van der Waals surface area contributed by atoms with Crippen LogP contribution >= 0.6 is 0 Å². The van der Waals surface area contributed by atoms with E-state index in [1.165, 1.54) is 36.7 Å². The summed E-state index contributed by atoms with van der Waals surface area (Å²) in [6, 6.07) is 14.8. The summed E-state index contributed by atoms with van der Waals surface area (Å²) in [6.07, 6.45) is 3.96. The summed E-state index contributed by atoms with van der Waals surface area (Å²) in [7, 11) is 0. The molecule has 3 heterocycles. The first kappa shape index (κ1) is 14.0. The number of piperidine rings is 3. The van der Waals surface area contributed by atoms with Crippen LogP contribution in [0.3, 0.4) is 0 Å². The first-order valence-corrected chi connectivity index (χ1v) is 8.50. The average molecular weight is 293 g/mol. The van der Waals surface area contributed by atoms with E-state index in [4.69, 9.17) is 0 Å². The Kier molecular flexibility index (Phi) is 3.71. The third kappa shape index (κ3) is 2.80. The molecule has 3 aliphatic heterocycles. The van der Waals surface area contributed by atoms with Crippen molar-refractivity contribution in [2.75, 3.05) is 19.6 Å². The molecule has 3 fully saturated rings. The van der Waals surface area contributed by atoms with Gasteiger partial charge in [0, 0.05) is 19.4 Å². The van der Waals surface area contributed by atoms with Crippen molar-refractivity contribution in [2.45, 2.75) is 25.7 Å². The lowest BCUT2D eigenvalue weighted by Crippen LogP contribution is -2.47. The minimum atomic E-state index is 0.411. The van der Waals surface area contributed by atoms with Gasteiger partial charge in [0.15, 0.2) is 0 Å². The van der Waals surface area contributed by atoms with Gasteiger partial charge in [0.25, 0.3) is 0 Å². The maximum absolute atomic E-state index is 12.5. The van der Waals surface area contributed by atoms with Gasteiger partial charge in [-0.05, 0) is 54.1 Å². The van der Waals surface area contributed by atoms with Crippen molar-refractivity contribution >= 4 is 16.6 Å². The summed E-state index contributed by atoms with van der Waals surface area (Å²) in [5.41, 5.74) is 1.16. The third-order valence-corrected chi connectivity index (χ3v) is 5.50. The quantitative estimate of drug-likeness (QED) is 0.857. The monoisotopic (exact) mass is 293 g/mol. The smallest absolute Gasteiger partial charge is 0.137 e. The molecule has 114 valence electrons. The van der Waals surface area contributed by atoms with E-state index < -0.39 is 0 Å². The van der Waals surface area contributed by atoms with Gasteiger partial charge in [-0.25, -0.2) is 0 Å². The number of rotatable bonds is 4. The maximum atomic E-state index is 12.5. The van der Waals surface area contributed by atoms with E-state index >= 15 is 0 Å². The number of benzene rings is 2. The lowest BCUT2D eigenvalue weighted by Gasteiger charge is -2.44. The molecule has 2 aromatic rings. The predicted molar refractivity (Wildman–Crippen MR) is 89.9 cm³/mol. The Morgan fingerprint density at radius 3 is 2.55 bits per heavy atom. The van der Waals surface area contributed by atoms with Crippen LogP contribution in [-0.2, 0) is 11.2 Å². The van der Waals surface area contributed by atoms with E-state index in [1.54, 1.807) is 0 Å². The molecule has 2 bridgehead atoms. The molecule has 2 nitrogen and oxygen atoms in total. The summed E-state index contributed by atoms with van der Waals surface area (Å²) in [4.78, 5) is 15.0. The molecule has 22 heavy (non-hydrogen) atoms. The van der Waals surface area contributed by atoms with Crippen LogP contribution in [0.5, 0.6) is 0 Å². The zero-order valence-corrected chi connectivity index (χ0v) is 13.0. The second kappa shape index (κ2) is 5.85. The van der Waals surface area contributed by atoms with Crippen LogP contribution in [0, 0.1) is 11.8 Å². The molecular weight excluding hydrogens is 270 g/mol. The Labute approximate surface area is 132 Å². The molecule has 1 atom stereocenters. The number of carbonyl (C=O) groups excluding carboxylic acids is 1. The largest absolute Gasteiger partial charge is 0.303 e. The zero-order chi connectivity index (χ0) is 14.9. The van der Waals surface area contributed by atoms with Gasteiger partial charge < -0.3 is 4.90 Å².